The quantitative estimate of drug-likeness (QED) is 0.794. The van der Waals surface area contributed by atoms with Crippen LogP contribution >= 0.6 is 0 Å². The molecule has 0 heterocycles. The van der Waals surface area contributed by atoms with E-state index in [0.29, 0.717) is 0 Å². The van der Waals surface area contributed by atoms with Crippen molar-refractivity contribution in [3.63, 3.8) is 0 Å². The minimum Gasteiger partial charge on any atom is -0.330 e. The van der Waals surface area contributed by atoms with E-state index in [-0.39, 0.29) is 11.7 Å². The summed E-state index contributed by atoms with van der Waals surface area (Å²) in [6, 6.07) is 0. The van der Waals surface area contributed by atoms with Crippen molar-refractivity contribution in [1.82, 2.24) is 0 Å². The summed E-state index contributed by atoms with van der Waals surface area (Å²) in [5.41, 5.74) is 4.91. The van der Waals surface area contributed by atoms with Gasteiger partial charge in [0.05, 0.1) is 17.4 Å². The summed E-state index contributed by atoms with van der Waals surface area (Å²) in [6.45, 7) is 2.59. The van der Waals surface area contributed by atoms with Crippen molar-refractivity contribution in [1.29, 1.82) is 0 Å². The van der Waals surface area contributed by atoms with Crippen LogP contribution in [-0.4, -0.2) is 32.6 Å². The van der Waals surface area contributed by atoms with E-state index in [0.717, 1.165) is 0 Å². The van der Waals surface area contributed by atoms with Crippen LogP contribution in [0.2, 0.25) is 0 Å². The molecule has 3 nitrogen and oxygen atoms in total. The number of hydrogen-bond acceptors (Lipinski definition) is 3. The van der Waals surface area contributed by atoms with E-state index in [1.54, 1.807) is 13.8 Å². The minimum absolute atomic E-state index is 0.179. The van der Waals surface area contributed by atoms with Crippen LogP contribution in [0.4, 0.5) is 13.2 Å². The van der Waals surface area contributed by atoms with Gasteiger partial charge >= 0.3 is 6.18 Å². The first kappa shape index (κ1) is 14.7. The second-order valence-electron chi connectivity index (χ2n) is 3.94. The Morgan fingerprint density at radius 3 is 1.93 bits per heavy atom. The molecule has 0 rings (SSSR count). The first-order valence-electron chi connectivity index (χ1n) is 4.55. The van der Waals surface area contributed by atoms with Gasteiger partial charge in [-0.2, -0.15) is 13.2 Å². The molecule has 92 valence electrons. The average Bonchev–Trinajstić information content (AvgIpc) is 1.95. The fraction of sp³-hybridized carbons (Fsp3) is 1.00. The molecule has 0 fully saturated rings. The van der Waals surface area contributed by atoms with E-state index < -0.39 is 34.2 Å². The average molecular weight is 247 g/mol. The number of nitrogens with two attached hydrogens (primary N) is 1. The number of rotatable bonds is 5. The van der Waals surface area contributed by atoms with E-state index in [1.165, 1.54) is 0 Å². The van der Waals surface area contributed by atoms with Gasteiger partial charge in [-0.3, -0.25) is 0 Å². The van der Waals surface area contributed by atoms with Crippen LogP contribution in [0, 0.1) is 11.8 Å². The maximum absolute atomic E-state index is 12.2. The monoisotopic (exact) mass is 247 g/mol. The molecule has 1 atom stereocenters. The summed E-state index contributed by atoms with van der Waals surface area (Å²) in [5.74, 6) is -3.28. The minimum atomic E-state index is -4.54. The third kappa shape index (κ3) is 5.99. The van der Waals surface area contributed by atoms with Crippen LogP contribution in [0.25, 0.3) is 0 Å². The number of halogens is 3. The van der Waals surface area contributed by atoms with Crippen LogP contribution in [0.1, 0.15) is 13.8 Å². The van der Waals surface area contributed by atoms with Gasteiger partial charge in [-0.25, -0.2) is 8.42 Å². The maximum atomic E-state index is 12.2. The topological polar surface area (TPSA) is 60.2 Å². The zero-order valence-corrected chi connectivity index (χ0v) is 9.53. The van der Waals surface area contributed by atoms with Crippen LogP contribution in [0.3, 0.4) is 0 Å². The van der Waals surface area contributed by atoms with Gasteiger partial charge in [0.1, 0.15) is 0 Å². The number of sulfone groups is 1. The number of alkyl halides is 3. The largest absolute Gasteiger partial charge is 0.393 e. The predicted molar refractivity (Wildman–Crippen MR) is 52.1 cm³/mol. The summed E-state index contributed by atoms with van der Waals surface area (Å²) < 4.78 is 59.3. The molecule has 0 aromatic rings. The lowest BCUT2D eigenvalue weighted by Crippen LogP contribution is -2.37. The molecule has 0 aromatic carbocycles. The van der Waals surface area contributed by atoms with Crippen molar-refractivity contribution >= 4 is 9.84 Å². The molecule has 2 N–H and O–H groups in total. The van der Waals surface area contributed by atoms with Crippen LogP contribution < -0.4 is 5.73 Å². The van der Waals surface area contributed by atoms with Crippen molar-refractivity contribution in [3.05, 3.63) is 0 Å². The van der Waals surface area contributed by atoms with Gasteiger partial charge in [-0.15, -0.1) is 0 Å². The van der Waals surface area contributed by atoms with Gasteiger partial charge in [0.2, 0.25) is 0 Å². The second kappa shape index (κ2) is 5.16. The molecule has 7 heteroatoms. The van der Waals surface area contributed by atoms with Gasteiger partial charge in [-0.05, 0) is 5.92 Å². The lowest BCUT2D eigenvalue weighted by atomic mass is 10.2. The fourth-order valence-corrected chi connectivity index (χ4v) is 3.27. The summed E-state index contributed by atoms with van der Waals surface area (Å²) in [4.78, 5) is 0. The van der Waals surface area contributed by atoms with Crippen LogP contribution in [0.5, 0.6) is 0 Å². The Kier molecular flexibility index (Phi) is 5.05. The molecule has 1 unspecified atom stereocenters. The third-order valence-electron chi connectivity index (χ3n) is 1.79. The summed E-state index contributed by atoms with van der Waals surface area (Å²) in [6.07, 6.45) is -4.54. The second-order valence-corrected chi connectivity index (χ2v) is 6.10. The predicted octanol–water partition coefficient (Wildman–Crippen LogP) is 1.19. The summed E-state index contributed by atoms with van der Waals surface area (Å²) in [5, 5.41) is 0. The van der Waals surface area contributed by atoms with E-state index in [4.69, 9.17) is 5.73 Å². The van der Waals surface area contributed by atoms with Gasteiger partial charge in [-0.1, -0.05) is 13.8 Å². The van der Waals surface area contributed by atoms with Crippen molar-refractivity contribution in [2.45, 2.75) is 20.0 Å². The molecule has 0 aliphatic rings. The Labute approximate surface area is 87.8 Å². The molecule has 0 bridgehead atoms. The zero-order chi connectivity index (χ0) is 12.3. The highest BCUT2D eigenvalue weighted by Crippen LogP contribution is 2.27. The smallest absolute Gasteiger partial charge is 0.330 e. The standard InChI is InChI=1S/C8H16F3NO2S/c1-6(2)4-15(13,14)5-7(3-12)8(9,10)11/h6-7H,3-5,12H2,1-2H3. The molecule has 0 aromatic heterocycles. The van der Waals surface area contributed by atoms with E-state index in [9.17, 15) is 21.6 Å². The first-order chi connectivity index (χ1) is 6.58. The Morgan fingerprint density at radius 1 is 1.20 bits per heavy atom. The molecule has 0 aliphatic heterocycles. The first-order valence-corrected chi connectivity index (χ1v) is 6.38. The molecular weight excluding hydrogens is 231 g/mol. The third-order valence-corrected chi connectivity index (χ3v) is 3.87. The van der Waals surface area contributed by atoms with Crippen LogP contribution in [0.15, 0.2) is 0 Å². The van der Waals surface area contributed by atoms with Crippen LogP contribution in [-0.2, 0) is 9.84 Å². The van der Waals surface area contributed by atoms with E-state index >= 15 is 0 Å². The van der Waals surface area contributed by atoms with Crippen molar-refractivity contribution in [2.75, 3.05) is 18.1 Å². The fourth-order valence-electron chi connectivity index (χ4n) is 1.18. The Hall–Kier alpha value is -0.300. The Morgan fingerprint density at radius 2 is 1.67 bits per heavy atom. The SMILES string of the molecule is CC(C)CS(=O)(=O)CC(CN)C(F)(F)F. The molecule has 0 amide bonds. The van der Waals surface area contributed by atoms with E-state index in [1.807, 2.05) is 0 Å². The van der Waals surface area contributed by atoms with Crippen molar-refractivity contribution in [2.24, 2.45) is 17.6 Å². The van der Waals surface area contributed by atoms with Gasteiger partial charge in [0.25, 0.3) is 0 Å². The molecule has 0 aliphatic carbocycles. The molecular formula is C8H16F3NO2S. The van der Waals surface area contributed by atoms with Gasteiger partial charge in [0.15, 0.2) is 9.84 Å². The van der Waals surface area contributed by atoms with Crippen molar-refractivity contribution < 1.29 is 21.6 Å². The normalized spacial score (nSPS) is 15.7. The molecule has 0 saturated heterocycles. The maximum Gasteiger partial charge on any atom is 0.393 e. The molecule has 0 radical (unpaired) electrons. The van der Waals surface area contributed by atoms with Crippen molar-refractivity contribution in [3.8, 4) is 0 Å². The zero-order valence-electron chi connectivity index (χ0n) is 8.71. The summed E-state index contributed by atoms with van der Waals surface area (Å²) >= 11 is 0. The molecule has 15 heavy (non-hydrogen) atoms. The highest BCUT2D eigenvalue weighted by atomic mass is 32.2. The van der Waals surface area contributed by atoms with Gasteiger partial charge in [0, 0.05) is 6.54 Å². The Balaban J connectivity index is 4.56. The highest BCUT2D eigenvalue weighted by Gasteiger charge is 2.41. The Bertz CT molecular complexity index is 285. The molecule has 0 saturated carbocycles. The highest BCUT2D eigenvalue weighted by molar-refractivity contribution is 7.91. The van der Waals surface area contributed by atoms with E-state index in [2.05, 4.69) is 0 Å². The van der Waals surface area contributed by atoms with Gasteiger partial charge < -0.3 is 5.73 Å². The molecule has 0 spiro atoms. The summed E-state index contributed by atoms with van der Waals surface area (Å²) in [7, 11) is -3.68. The number of hydrogen-bond donors (Lipinski definition) is 1. The lowest BCUT2D eigenvalue weighted by molar-refractivity contribution is -0.165. The lowest BCUT2D eigenvalue weighted by Gasteiger charge is -2.18.